The summed E-state index contributed by atoms with van der Waals surface area (Å²) >= 11 is 5.51. The second kappa shape index (κ2) is 6.39. The third kappa shape index (κ3) is 3.83. The summed E-state index contributed by atoms with van der Waals surface area (Å²) in [6.45, 7) is 2.29. The summed E-state index contributed by atoms with van der Waals surface area (Å²) in [6.07, 6.45) is 0. The molecule has 3 heteroatoms. The van der Waals surface area contributed by atoms with Gasteiger partial charge in [0.15, 0.2) is 0 Å². The largest absolute Gasteiger partial charge is 0.489 e. The van der Waals surface area contributed by atoms with Crippen molar-refractivity contribution < 1.29 is 9.53 Å². The molecule has 0 aliphatic carbocycles. The van der Waals surface area contributed by atoms with Crippen LogP contribution in [-0.2, 0) is 11.4 Å². The molecule has 2 aromatic carbocycles. The van der Waals surface area contributed by atoms with E-state index in [-0.39, 0.29) is 11.2 Å². The molecule has 1 atom stereocenters. The lowest BCUT2D eigenvalue weighted by Gasteiger charge is -2.10. The van der Waals surface area contributed by atoms with Crippen LogP contribution in [0.4, 0.5) is 0 Å². The Morgan fingerprint density at radius 1 is 1.16 bits per heavy atom. The minimum atomic E-state index is -0.361. The SMILES string of the molecule is CC(C(=O)Cl)c1cccc(OCc2ccccc2)c1. The van der Waals surface area contributed by atoms with E-state index in [4.69, 9.17) is 16.3 Å². The van der Waals surface area contributed by atoms with E-state index in [1.807, 2.05) is 54.6 Å². The molecule has 0 fully saturated rings. The van der Waals surface area contributed by atoms with E-state index in [9.17, 15) is 4.79 Å². The Balaban J connectivity index is 2.05. The van der Waals surface area contributed by atoms with Crippen molar-refractivity contribution in [1.29, 1.82) is 0 Å². The predicted octanol–water partition coefficient (Wildman–Crippen LogP) is 4.13. The molecule has 1 unspecified atom stereocenters. The standard InChI is InChI=1S/C16H15ClO2/c1-12(16(17)18)14-8-5-9-15(10-14)19-11-13-6-3-2-4-7-13/h2-10,12H,11H2,1H3. The van der Waals surface area contributed by atoms with Gasteiger partial charge in [-0.2, -0.15) is 0 Å². The summed E-state index contributed by atoms with van der Waals surface area (Å²) < 4.78 is 5.71. The zero-order valence-corrected chi connectivity index (χ0v) is 11.4. The first-order valence-electron chi connectivity index (χ1n) is 6.13. The van der Waals surface area contributed by atoms with Crippen LogP contribution in [0.15, 0.2) is 54.6 Å². The van der Waals surface area contributed by atoms with E-state index in [1.54, 1.807) is 6.92 Å². The van der Waals surface area contributed by atoms with Crippen molar-refractivity contribution in [1.82, 2.24) is 0 Å². The van der Waals surface area contributed by atoms with Crippen LogP contribution in [0.1, 0.15) is 24.0 Å². The lowest BCUT2D eigenvalue weighted by Crippen LogP contribution is -2.02. The maximum Gasteiger partial charge on any atom is 0.228 e. The highest BCUT2D eigenvalue weighted by atomic mass is 35.5. The van der Waals surface area contributed by atoms with Gasteiger partial charge in [0.25, 0.3) is 0 Å². The highest BCUT2D eigenvalue weighted by Crippen LogP contribution is 2.23. The van der Waals surface area contributed by atoms with Gasteiger partial charge in [-0.3, -0.25) is 4.79 Å². The lowest BCUT2D eigenvalue weighted by molar-refractivity contribution is -0.112. The Hall–Kier alpha value is -1.80. The molecule has 19 heavy (non-hydrogen) atoms. The van der Waals surface area contributed by atoms with Crippen LogP contribution in [0.5, 0.6) is 5.75 Å². The van der Waals surface area contributed by atoms with Gasteiger partial charge in [-0.1, -0.05) is 49.4 Å². The van der Waals surface area contributed by atoms with E-state index in [2.05, 4.69) is 0 Å². The number of hydrogen-bond donors (Lipinski definition) is 0. The van der Waals surface area contributed by atoms with Crippen molar-refractivity contribution in [3.05, 3.63) is 65.7 Å². The molecule has 0 radical (unpaired) electrons. The second-order valence-corrected chi connectivity index (χ2v) is 4.75. The molecule has 0 spiro atoms. The number of rotatable bonds is 5. The molecule has 0 aromatic heterocycles. The van der Waals surface area contributed by atoms with Gasteiger partial charge in [0, 0.05) is 0 Å². The zero-order valence-electron chi connectivity index (χ0n) is 10.7. The predicted molar refractivity (Wildman–Crippen MR) is 76.5 cm³/mol. The number of carbonyl (C=O) groups excluding carboxylic acids is 1. The molecular formula is C16H15ClO2. The lowest BCUT2D eigenvalue weighted by atomic mass is 10.0. The van der Waals surface area contributed by atoms with Gasteiger partial charge in [0.1, 0.15) is 12.4 Å². The third-order valence-electron chi connectivity index (χ3n) is 2.95. The van der Waals surface area contributed by atoms with Crippen molar-refractivity contribution in [3.8, 4) is 5.75 Å². The Kier molecular flexibility index (Phi) is 4.58. The van der Waals surface area contributed by atoms with Crippen molar-refractivity contribution in [2.45, 2.75) is 19.4 Å². The van der Waals surface area contributed by atoms with Crippen LogP contribution in [0.3, 0.4) is 0 Å². The fraction of sp³-hybridized carbons (Fsp3) is 0.188. The zero-order chi connectivity index (χ0) is 13.7. The molecule has 2 nitrogen and oxygen atoms in total. The number of benzene rings is 2. The molecule has 0 heterocycles. The van der Waals surface area contributed by atoms with E-state index in [0.717, 1.165) is 16.9 Å². The summed E-state index contributed by atoms with van der Waals surface area (Å²) in [5, 5.41) is -0.361. The van der Waals surface area contributed by atoms with Crippen LogP contribution in [0.2, 0.25) is 0 Å². The molecule has 0 saturated heterocycles. The Morgan fingerprint density at radius 3 is 2.58 bits per heavy atom. The number of hydrogen-bond acceptors (Lipinski definition) is 2. The van der Waals surface area contributed by atoms with E-state index < -0.39 is 0 Å². The number of carbonyl (C=O) groups is 1. The number of halogens is 1. The van der Waals surface area contributed by atoms with E-state index in [1.165, 1.54) is 0 Å². The molecular weight excluding hydrogens is 260 g/mol. The minimum Gasteiger partial charge on any atom is -0.489 e. The van der Waals surface area contributed by atoms with Gasteiger partial charge in [-0.15, -0.1) is 0 Å². The molecule has 98 valence electrons. The maximum absolute atomic E-state index is 11.2. The van der Waals surface area contributed by atoms with E-state index in [0.29, 0.717) is 6.61 Å². The molecule has 0 saturated carbocycles. The maximum atomic E-state index is 11.2. The monoisotopic (exact) mass is 274 g/mol. The van der Waals surface area contributed by atoms with Crippen molar-refractivity contribution in [3.63, 3.8) is 0 Å². The quantitative estimate of drug-likeness (QED) is 0.766. The fourth-order valence-corrected chi connectivity index (χ4v) is 1.87. The summed E-state index contributed by atoms with van der Waals surface area (Å²) in [5.74, 6) is 0.424. The Bertz CT molecular complexity index is 552. The minimum absolute atomic E-state index is 0.318. The van der Waals surface area contributed by atoms with Crippen LogP contribution in [0.25, 0.3) is 0 Å². The Labute approximate surface area is 118 Å². The molecule has 0 bridgehead atoms. The smallest absolute Gasteiger partial charge is 0.228 e. The van der Waals surface area contributed by atoms with Crippen molar-refractivity contribution >= 4 is 16.8 Å². The highest BCUT2D eigenvalue weighted by molar-refractivity contribution is 6.64. The van der Waals surface area contributed by atoms with Crippen LogP contribution in [-0.4, -0.2) is 5.24 Å². The molecule has 0 aliphatic heterocycles. The topological polar surface area (TPSA) is 26.3 Å². The van der Waals surface area contributed by atoms with Gasteiger partial charge >= 0.3 is 0 Å². The highest BCUT2D eigenvalue weighted by Gasteiger charge is 2.12. The van der Waals surface area contributed by atoms with Crippen LogP contribution in [0, 0.1) is 0 Å². The van der Waals surface area contributed by atoms with Gasteiger partial charge < -0.3 is 4.74 Å². The third-order valence-corrected chi connectivity index (χ3v) is 3.27. The van der Waals surface area contributed by atoms with Gasteiger partial charge in [0.05, 0.1) is 5.92 Å². The molecule has 0 N–H and O–H groups in total. The fourth-order valence-electron chi connectivity index (χ4n) is 1.75. The molecule has 0 aliphatic rings. The number of ether oxygens (including phenoxy) is 1. The van der Waals surface area contributed by atoms with Gasteiger partial charge in [-0.25, -0.2) is 0 Å². The molecule has 2 rings (SSSR count). The van der Waals surface area contributed by atoms with Crippen LogP contribution < -0.4 is 4.74 Å². The van der Waals surface area contributed by atoms with Crippen LogP contribution >= 0.6 is 11.6 Å². The van der Waals surface area contributed by atoms with Crippen molar-refractivity contribution in [2.24, 2.45) is 0 Å². The summed E-state index contributed by atoms with van der Waals surface area (Å²) in [7, 11) is 0. The molecule has 0 amide bonds. The molecule has 2 aromatic rings. The summed E-state index contributed by atoms with van der Waals surface area (Å²) in [6, 6.07) is 17.4. The van der Waals surface area contributed by atoms with Crippen molar-refractivity contribution in [2.75, 3.05) is 0 Å². The first-order valence-corrected chi connectivity index (χ1v) is 6.50. The normalized spacial score (nSPS) is 11.9. The van der Waals surface area contributed by atoms with Gasteiger partial charge in [0.2, 0.25) is 5.24 Å². The summed E-state index contributed by atoms with van der Waals surface area (Å²) in [5.41, 5.74) is 1.97. The first kappa shape index (κ1) is 13.6. The second-order valence-electron chi connectivity index (χ2n) is 4.37. The van der Waals surface area contributed by atoms with Gasteiger partial charge in [-0.05, 0) is 34.9 Å². The average molecular weight is 275 g/mol. The Morgan fingerprint density at radius 2 is 1.89 bits per heavy atom. The summed E-state index contributed by atoms with van der Waals surface area (Å²) in [4.78, 5) is 11.2. The van der Waals surface area contributed by atoms with E-state index >= 15 is 0 Å². The first-order chi connectivity index (χ1) is 9.16. The average Bonchev–Trinajstić information content (AvgIpc) is 2.45.